The van der Waals surface area contributed by atoms with Gasteiger partial charge in [-0.3, -0.25) is 4.79 Å². The third kappa shape index (κ3) is 3.63. The van der Waals surface area contributed by atoms with Crippen molar-refractivity contribution in [3.05, 3.63) is 22.2 Å². The Bertz CT molecular complexity index is 377. The van der Waals surface area contributed by atoms with Gasteiger partial charge < -0.3 is 20.4 Å². The summed E-state index contributed by atoms with van der Waals surface area (Å²) in [5.41, 5.74) is 5.37. The number of nitrogens with zero attached hydrogens (tertiary/aromatic N) is 2. The molecule has 1 rings (SSSR count). The molecule has 0 saturated heterocycles. The van der Waals surface area contributed by atoms with Crippen LogP contribution in [0, 0.1) is 6.92 Å². The molecule has 0 atom stereocenters. The van der Waals surface area contributed by atoms with E-state index in [0.29, 0.717) is 37.9 Å². The molecule has 0 aliphatic carbocycles. The summed E-state index contributed by atoms with van der Waals surface area (Å²) in [6.45, 7) is 4.16. The van der Waals surface area contributed by atoms with E-state index in [0.717, 1.165) is 0 Å². The number of aromatic amines is 1. The van der Waals surface area contributed by atoms with Crippen LogP contribution in [0.3, 0.4) is 0 Å². The molecule has 1 heterocycles. The van der Waals surface area contributed by atoms with Crippen molar-refractivity contribution >= 4 is 5.82 Å². The molecule has 90 valence electrons. The summed E-state index contributed by atoms with van der Waals surface area (Å²) >= 11 is 0. The van der Waals surface area contributed by atoms with Gasteiger partial charge in [0.05, 0.1) is 6.61 Å². The molecular formula is C10H18N4O2. The molecule has 0 aliphatic heterocycles. The van der Waals surface area contributed by atoms with Crippen molar-refractivity contribution in [3.63, 3.8) is 0 Å². The van der Waals surface area contributed by atoms with Crippen LogP contribution >= 0.6 is 0 Å². The van der Waals surface area contributed by atoms with E-state index in [1.54, 1.807) is 14.0 Å². The molecule has 1 aromatic heterocycles. The van der Waals surface area contributed by atoms with Crippen molar-refractivity contribution in [1.82, 2.24) is 9.97 Å². The minimum absolute atomic E-state index is 0.151. The molecular weight excluding hydrogens is 208 g/mol. The van der Waals surface area contributed by atoms with Gasteiger partial charge in [-0.1, -0.05) is 0 Å². The fourth-order valence-corrected chi connectivity index (χ4v) is 1.42. The van der Waals surface area contributed by atoms with E-state index in [9.17, 15) is 4.79 Å². The van der Waals surface area contributed by atoms with Gasteiger partial charge in [0.2, 0.25) is 0 Å². The van der Waals surface area contributed by atoms with Crippen LogP contribution < -0.4 is 16.2 Å². The number of nitrogens with two attached hydrogens (primary N) is 1. The third-order valence-electron chi connectivity index (χ3n) is 2.13. The van der Waals surface area contributed by atoms with Gasteiger partial charge in [-0.05, 0) is 6.92 Å². The molecule has 0 aromatic carbocycles. The highest BCUT2D eigenvalue weighted by molar-refractivity contribution is 5.37. The quantitative estimate of drug-likeness (QED) is 0.682. The molecule has 0 amide bonds. The average Bonchev–Trinajstić information content (AvgIpc) is 2.22. The lowest BCUT2D eigenvalue weighted by atomic mass is 10.4. The molecule has 3 N–H and O–H groups in total. The summed E-state index contributed by atoms with van der Waals surface area (Å²) in [6.07, 6.45) is 0. The number of aromatic nitrogens is 2. The van der Waals surface area contributed by atoms with Crippen LogP contribution in [0.5, 0.6) is 0 Å². The highest BCUT2D eigenvalue weighted by Crippen LogP contribution is 2.06. The Morgan fingerprint density at radius 1 is 1.56 bits per heavy atom. The van der Waals surface area contributed by atoms with Crippen LogP contribution in [0.2, 0.25) is 0 Å². The summed E-state index contributed by atoms with van der Waals surface area (Å²) in [5.74, 6) is 1.24. The number of aryl methyl sites for hydroxylation is 1. The molecule has 6 nitrogen and oxygen atoms in total. The van der Waals surface area contributed by atoms with Gasteiger partial charge in [-0.15, -0.1) is 0 Å². The van der Waals surface area contributed by atoms with Gasteiger partial charge in [0.25, 0.3) is 5.56 Å². The molecule has 0 fully saturated rings. The molecule has 0 saturated carbocycles. The van der Waals surface area contributed by atoms with E-state index in [4.69, 9.17) is 10.5 Å². The summed E-state index contributed by atoms with van der Waals surface area (Å²) in [4.78, 5) is 20.1. The number of hydrogen-bond donors (Lipinski definition) is 2. The smallest absolute Gasteiger partial charge is 0.252 e. The summed E-state index contributed by atoms with van der Waals surface area (Å²) in [5, 5.41) is 0. The maximum atomic E-state index is 11.3. The number of anilines is 1. The number of H-pyrrole nitrogens is 1. The first-order valence-corrected chi connectivity index (χ1v) is 5.19. The van der Waals surface area contributed by atoms with Gasteiger partial charge in [-0.2, -0.15) is 0 Å². The average molecular weight is 226 g/mol. The van der Waals surface area contributed by atoms with Gasteiger partial charge >= 0.3 is 0 Å². The molecule has 0 radical (unpaired) electrons. The monoisotopic (exact) mass is 226 g/mol. The second-order valence-electron chi connectivity index (χ2n) is 3.46. The Hall–Kier alpha value is -1.40. The normalized spacial score (nSPS) is 10.4. The van der Waals surface area contributed by atoms with Crippen molar-refractivity contribution in [2.45, 2.75) is 6.92 Å². The Kier molecular flexibility index (Phi) is 4.94. The predicted molar refractivity (Wildman–Crippen MR) is 62.7 cm³/mol. The molecule has 1 aromatic rings. The first-order chi connectivity index (χ1) is 7.67. The lowest BCUT2D eigenvalue weighted by Gasteiger charge is -2.22. The van der Waals surface area contributed by atoms with E-state index in [1.807, 2.05) is 4.90 Å². The van der Waals surface area contributed by atoms with Crippen molar-refractivity contribution in [3.8, 4) is 0 Å². The van der Waals surface area contributed by atoms with Gasteiger partial charge in [-0.25, -0.2) is 4.98 Å². The summed E-state index contributed by atoms with van der Waals surface area (Å²) < 4.78 is 5.00. The first kappa shape index (κ1) is 12.7. The standard InChI is InChI=1S/C10H18N4O2/c1-8-12-9(7-10(15)13-8)14(4-3-11)5-6-16-2/h7H,3-6,11H2,1-2H3,(H,12,13,15). The summed E-state index contributed by atoms with van der Waals surface area (Å²) in [6, 6.07) is 1.47. The Labute approximate surface area is 94.4 Å². The molecule has 16 heavy (non-hydrogen) atoms. The number of rotatable bonds is 6. The van der Waals surface area contributed by atoms with Gasteiger partial charge in [0.15, 0.2) is 0 Å². The van der Waals surface area contributed by atoms with E-state index >= 15 is 0 Å². The predicted octanol–water partition coefficient (Wildman–Crippen LogP) is -0.510. The number of ether oxygens (including phenoxy) is 1. The van der Waals surface area contributed by atoms with E-state index in [2.05, 4.69) is 9.97 Å². The van der Waals surface area contributed by atoms with Gasteiger partial charge in [0, 0.05) is 32.8 Å². The second-order valence-corrected chi connectivity index (χ2v) is 3.46. The Balaban J connectivity index is 2.86. The molecule has 6 heteroatoms. The zero-order valence-corrected chi connectivity index (χ0v) is 9.69. The number of nitrogens with one attached hydrogen (secondary N) is 1. The minimum Gasteiger partial charge on any atom is -0.383 e. The second kappa shape index (κ2) is 6.24. The largest absolute Gasteiger partial charge is 0.383 e. The maximum absolute atomic E-state index is 11.3. The van der Waals surface area contributed by atoms with Crippen LogP contribution in [0.25, 0.3) is 0 Å². The van der Waals surface area contributed by atoms with Crippen molar-refractivity contribution in [1.29, 1.82) is 0 Å². The lowest BCUT2D eigenvalue weighted by Crippen LogP contribution is -2.34. The maximum Gasteiger partial charge on any atom is 0.252 e. The number of hydrogen-bond acceptors (Lipinski definition) is 5. The lowest BCUT2D eigenvalue weighted by molar-refractivity contribution is 0.205. The van der Waals surface area contributed by atoms with E-state index in [-0.39, 0.29) is 5.56 Å². The first-order valence-electron chi connectivity index (χ1n) is 5.19. The summed E-state index contributed by atoms with van der Waals surface area (Å²) in [7, 11) is 1.64. The topological polar surface area (TPSA) is 84.2 Å². The third-order valence-corrected chi connectivity index (χ3v) is 2.13. The van der Waals surface area contributed by atoms with E-state index < -0.39 is 0 Å². The zero-order chi connectivity index (χ0) is 12.0. The Morgan fingerprint density at radius 3 is 2.88 bits per heavy atom. The highest BCUT2D eigenvalue weighted by Gasteiger charge is 2.08. The van der Waals surface area contributed by atoms with Crippen LogP contribution in [0.15, 0.2) is 10.9 Å². The highest BCUT2D eigenvalue weighted by atomic mass is 16.5. The molecule has 0 aliphatic rings. The van der Waals surface area contributed by atoms with Crippen LogP contribution in [0.4, 0.5) is 5.82 Å². The molecule has 0 unspecified atom stereocenters. The zero-order valence-electron chi connectivity index (χ0n) is 9.69. The SMILES string of the molecule is COCCN(CCN)c1cc(=O)[nH]c(C)n1. The van der Waals surface area contributed by atoms with Crippen LogP contribution in [0.1, 0.15) is 5.82 Å². The van der Waals surface area contributed by atoms with Gasteiger partial charge in [0.1, 0.15) is 11.6 Å². The minimum atomic E-state index is -0.151. The van der Waals surface area contributed by atoms with Crippen molar-refractivity contribution in [2.75, 3.05) is 38.3 Å². The number of methoxy groups -OCH3 is 1. The van der Waals surface area contributed by atoms with Crippen LogP contribution in [-0.4, -0.2) is 43.3 Å². The fraction of sp³-hybridized carbons (Fsp3) is 0.600. The fourth-order valence-electron chi connectivity index (χ4n) is 1.42. The molecule has 0 bridgehead atoms. The van der Waals surface area contributed by atoms with E-state index in [1.165, 1.54) is 6.07 Å². The van der Waals surface area contributed by atoms with Crippen molar-refractivity contribution < 1.29 is 4.74 Å². The molecule has 0 spiro atoms. The Morgan fingerprint density at radius 2 is 2.31 bits per heavy atom. The van der Waals surface area contributed by atoms with Crippen molar-refractivity contribution in [2.24, 2.45) is 5.73 Å². The van der Waals surface area contributed by atoms with Crippen LogP contribution in [-0.2, 0) is 4.74 Å².